The Kier molecular flexibility index (Phi) is 5.48. The van der Waals surface area contributed by atoms with Crippen LogP contribution in [0.4, 0.5) is 0 Å². The molecule has 2 atom stereocenters. The second-order valence-corrected chi connectivity index (χ2v) is 7.01. The van der Waals surface area contributed by atoms with E-state index in [1.165, 1.54) is 0 Å². The zero-order valence-electron chi connectivity index (χ0n) is 14.6. The van der Waals surface area contributed by atoms with Gasteiger partial charge in [0, 0.05) is 63.2 Å². The number of pyridine rings is 1. The van der Waals surface area contributed by atoms with Crippen molar-refractivity contribution >= 4 is 5.91 Å². The summed E-state index contributed by atoms with van der Waals surface area (Å²) in [7, 11) is 1.74. The van der Waals surface area contributed by atoms with Crippen LogP contribution in [0.3, 0.4) is 0 Å². The lowest BCUT2D eigenvalue weighted by molar-refractivity contribution is 0.0468. The largest absolute Gasteiger partial charge is 0.383 e. The average molecular weight is 333 g/mol. The summed E-state index contributed by atoms with van der Waals surface area (Å²) in [5.74, 6) is 0.560. The van der Waals surface area contributed by atoms with Gasteiger partial charge in [0.25, 0.3) is 5.91 Å². The number of ether oxygens (including phenoxy) is 2. The molecule has 3 rings (SSSR count). The van der Waals surface area contributed by atoms with Crippen LogP contribution in [0.5, 0.6) is 0 Å². The minimum absolute atomic E-state index is 0.00688. The Morgan fingerprint density at radius 1 is 1.42 bits per heavy atom. The quantitative estimate of drug-likeness (QED) is 0.827. The summed E-state index contributed by atoms with van der Waals surface area (Å²) in [5.41, 5.74) is 0.705. The molecule has 0 saturated carbocycles. The molecule has 6 heteroatoms. The van der Waals surface area contributed by atoms with Gasteiger partial charge in [-0.3, -0.25) is 9.78 Å². The maximum absolute atomic E-state index is 12.9. The van der Waals surface area contributed by atoms with Crippen LogP contribution in [0.2, 0.25) is 0 Å². The minimum atomic E-state index is 0.00688. The van der Waals surface area contributed by atoms with Crippen LogP contribution in [0.25, 0.3) is 0 Å². The fraction of sp³-hybridized carbons (Fsp3) is 0.667. The Labute approximate surface area is 143 Å². The van der Waals surface area contributed by atoms with Crippen molar-refractivity contribution in [1.29, 1.82) is 0 Å². The third-order valence-electron chi connectivity index (χ3n) is 5.34. The predicted octanol–water partition coefficient (Wildman–Crippen LogP) is 1.14. The number of rotatable bonds is 4. The van der Waals surface area contributed by atoms with E-state index in [1.807, 2.05) is 4.90 Å². The molecule has 0 radical (unpaired) electrons. The predicted molar refractivity (Wildman–Crippen MR) is 90.9 cm³/mol. The molecule has 2 aliphatic rings. The van der Waals surface area contributed by atoms with Gasteiger partial charge in [-0.05, 0) is 18.1 Å². The van der Waals surface area contributed by atoms with Crippen molar-refractivity contribution in [1.82, 2.24) is 14.8 Å². The number of carbonyl (C=O) groups excluding carboxylic acids is 1. The maximum Gasteiger partial charge on any atom is 0.254 e. The Morgan fingerprint density at radius 2 is 2.21 bits per heavy atom. The zero-order valence-corrected chi connectivity index (χ0v) is 14.6. The highest BCUT2D eigenvalue weighted by atomic mass is 16.5. The number of hydrogen-bond donors (Lipinski definition) is 0. The molecule has 1 aromatic rings. The van der Waals surface area contributed by atoms with Gasteiger partial charge in [-0.2, -0.15) is 0 Å². The molecule has 3 heterocycles. The van der Waals surface area contributed by atoms with E-state index in [9.17, 15) is 4.79 Å². The van der Waals surface area contributed by atoms with Crippen molar-refractivity contribution in [2.45, 2.75) is 6.92 Å². The van der Waals surface area contributed by atoms with Crippen molar-refractivity contribution in [3.8, 4) is 0 Å². The zero-order chi connectivity index (χ0) is 17.0. The van der Waals surface area contributed by atoms with Crippen molar-refractivity contribution < 1.29 is 14.3 Å². The fourth-order valence-electron chi connectivity index (χ4n) is 3.84. The van der Waals surface area contributed by atoms with Gasteiger partial charge in [-0.15, -0.1) is 0 Å². The Bertz CT molecular complexity index is 554. The molecular formula is C18H27N3O3. The molecule has 2 saturated heterocycles. The summed E-state index contributed by atoms with van der Waals surface area (Å²) >= 11 is 0. The molecular weight excluding hydrogens is 306 g/mol. The van der Waals surface area contributed by atoms with Gasteiger partial charge in [-0.25, -0.2) is 0 Å². The summed E-state index contributed by atoms with van der Waals surface area (Å²) in [6.45, 7) is 8.65. The molecule has 1 amide bonds. The summed E-state index contributed by atoms with van der Waals surface area (Å²) in [4.78, 5) is 21.2. The van der Waals surface area contributed by atoms with Crippen LogP contribution in [0, 0.1) is 11.3 Å². The first kappa shape index (κ1) is 17.3. The molecule has 0 aliphatic carbocycles. The van der Waals surface area contributed by atoms with Gasteiger partial charge in [0.1, 0.15) is 0 Å². The SMILES string of the molecule is COCCN1C[C@H](C)[C@]2(COCCN(C(=O)c3ccncc3)C2)C1. The van der Waals surface area contributed by atoms with E-state index < -0.39 is 0 Å². The average Bonchev–Trinajstić information content (AvgIpc) is 2.77. The summed E-state index contributed by atoms with van der Waals surface area (Å²) < 4.78 is 11.1. The number of hydrogen-bond acceptors (Lipinski definition) is 5. The molecule has 0 N–H and O–H groups in total. The number of likely N-dealkylation sites (tertiary alicyclic amines) is 1. The van der Waals surface area contributed by atoms with E-state index in [0.717, 1.165) is 39.4 Å². The van der Waals surface area contributed by atoms with Gasteiger partial charge in [0.05, 0.1) is 19.8 Å². The van der Waals surface area contributed by atoms with Crippen LogP contribution in [0.1, 0.15) is 17.3 Å². The fourth-order valence-corrected chi connectivity index (χ4v) is 3.84. The normalized spacial score (nSPS) is 28.2. The van der Waals surface area contributed by atoms with E-state index in [4.69, 9.17) is 9.47 Å². The Morgan fingerprint density at radius 3 is 2.96 bits per heavy atom. The molecule has 132 valence electrons. The van der Waals surface area contributed by atoms with E-state index in [2.05, 4.69) is 16.8 Å². The van der Waals surface area contributed by atoms with E-state index in [0.29, 0.717) is 24.6 Å². The van der Waals surface area contributed by atoms with Crippen molar-refractivity contribution in [3.63, 3.8) is 0 Å². The van der Waals surface area contributed by atoms with Crippen molar-refractivity contribution in [2.75, 3.05) is 59.7 Å². The smallest absolute Gasteiger partial charge is 0.254 e. The van der Waals surface area contributed by atoms with E-state index in [-0.39, 0.29) is 11.3 Å². The van der Waals surface area contributed by atoms with Gasteiger partial charge in [0.2, 0.25) is 0 Å². The van der Waals surface area contributed by atoms with Crippen molar-refractivity contribution in [3.05, 3.63) is 30.1 Å². The molecule has 1 spiro atoms. The van der Waals surface area contributed by atoms with Crippen LogP contribution < -0.4 is 0 Å². The lowest BCUT2D eigenvalue weighted by Crippen LogP contribution is -2.46. The molecule has 1 aromatic heterocycles. The molecule has 0 bridgehead atoms. The summed E-state index contributed by atoms with van der Waals surface area (Å²) in [6, 6.07) is 3.56. The van der Waals surface area contributed by atoms with Crippen LogP contribution in [0.15, 0.2) is 24.5 Å². The monoisotopic (exact) mass is 333 g/mol. The van der Waals surface area contributed by atoms with Crippen LogP contribution in [-0.4, -0.2) is 80.3 Å². The number of carbonyl (C=O) groups is 1. The standard InChI is InChI=1S/C18H27N3O3/c1-15-11-20(7-9-23-2)12-18(15)13-21(8-10-24-14-18)17(22)16-3-5-19-6-4-16/h3-6,15H,7-14H2,1-2H3/t15-,18+/m0/s1. The minimum Gasteiger partial charge on any atom is -0.383 e. The van der Waals surface area contributed by atoms with Crippen LogP contribution in [-0.2, 0) is 9.47 Å². The molecule has 2 aliphatic heterocycles. The number of aromatic nitrogens is 1. The maximum atomic E-state index is 12.9. The lowest BCUT2D eigenvalue weighted by atomic mass is 9.79. The molecule has 0 aromatic carbocycles. The highest BCUT2D eigenvalue weighted by Gasteiger charge is 2.47. The Balaban J connectivity index is 1.74. The van der Waals surface area contributed by atoms with E-state index >= 15 is 0 Å². The molecule has 6 nitrogen and oxygen atoms in total. The van der Waals surface area contributed by atoms with Gasteiger partial charge in [0.15, 0.2) is 0 Å². The first-order chi connectivity index (χ1) is 11.6. The van der Waals surface area contributed by atoms with Gasteiger partial charge in [-0.1, -0.05) is 6.92 Å². The molecule has 0 unspecified atom stereocenters. The second-order valence-electron chi connectivity index (χ2n) is 7.01. The summed E-state index contributed by atoms with van der Waals surface area (Å²) in [5, 5.41) is 0. The van der Waals surface area contributed by atoms with Crippen molar-refractivity contribution in [2.24, 2.45) is 11.3 Å². The first-order valence-electron chi connectivity index (χ1n) is 8.63. The van der Waals surface area contributed by atoms with E-state index in [1.54, 1.807) is 31.6 Å². The lowest BCUT2D eigenvalue weighted by Gasteiger charge is -2.35. The highest BCUT2D eigenvalue weighted by Crippen LogP contribution is 2.38. The van der Waals surface area contributed by atoms with Gasteiger partial charge >= 0.3 is 0 Å². The molecule has 24 heavy (non-hydrogen) atoms. The Hall–Kier alpha value is -1.50. The first-order valence-corrected chi connectivity index (χ1v) is 8.63. The van der Waals surface area contributed by atoms with Crippen LogP contribution >= 0.6 is 0 Å². The topological polar surface area (TPSA) is 54.9 Å². The third kappa shape index (κ3) is 3.61. The number of methoxy groups -OCH3 is 1. The second kappa shape index (κ2) is 7.59. The third-order valence-corrected chi connectivity index (χ3v) is 5.34. The number of amides is 1. The summed E-state index contributed by atoms with van der Waals surface area (Å²) in [6.07, 6.45) is 3.34. The van der Waals surface area contributed by atoms with Gasteiger partial charge < -0.3 is 19.3 Å². The highest BCUT2D eigenvalue weighted by molar-refractivity contribution is 5.94. The number of nitrogens with zero attached hydrogens (tertiary/aromatic N) is 3. The molecule has 2 fully saturated rings.